The molecule has 3 aromatic rings. The summed E-state index contributed by atoms with van der Waals surface area (Å²) in [4.78, 5) is 27.3. The maximum atomic E-state index is 12.3. The standard InChI is InChI=1S/C21H22N4O4/c1-13-5-4-6-14(11-13)20-23-21(27)16(24-25-20)8-10-19(26)22-15-7-9-17(28-2)18(12-15)29-3/h4-7,9,11-12H,8,10H2,1-3H3,(H,22,26)(H,23,25,27). The number of hydrogen-bond acceptors (Lipinski definition) is 6. The van der Waals surface area contributed by atoms with Gasteiger partial charge in [0.1, 0.15) is 5.69 Å². The van der Waals surface area contributed by atoms with Crippen LogP contribution in [0.15, 0.2) is 47.3 Å². The SMILES string of the molecule is COc1ccc(NC(=O)CCc2nnc(-c3cccc(C)c3)[nH]c2=O)cc1OC. The van der Waals surface area contributed by atoms with Gasteiger partial charge in [0, 0.05) is 30.2 Å². The highest BCUT2D eigenvalue weighted by molar-refractivity contribution is 5.91. The molecule has 1 amide bonds. The summed E-state index contributed by atoms with van der Waals surface area (Å²) in [6.07, 6.45) is 0.269. The quantitative estimate of drug-likeness (QED) is 0.638. The van der Waals surface area contributed by atoms with E-state index in [4.69, 9.17) is 9.47 Å². The number of benzene rings is 2. The largest absolute Gasteiger partial charge is 0.493 e. The second-order valence-electron chi connectivity index (χ2n) is 6.44. The van der Waals surface area contributed by atoms with E-state index in [2.05, 4.69) is 20.5 Å². The van der Waals surface area contributed by atoms with E-state index >= 15 is 0 Å². The van der Waals surface area contributed by atoms with E-state index in [1.807, 2.05) is 31.2 Å². The molecule has 0 spiro atoms. The first kappa shape index (κ1) is 20.1. The zero-order valence-electron chi connectivity index (χ0n) is 16.5. The molecule has 0 aliphatic rings. The maximum Gasteiger partial charge on any atom is 0.273 e. The van der Waals surface area contributed by atoms with E-state index in [1.165, 1.54) is 7.11 Å². The molecule has 8 heteroatoms. The number of hydrogen-bond donors (Lipinski definition) is 2. The minimum absolute atomic E-state index is 0.0932. The van der Waals surface area contributed by atoms with Crippen LogP contribution in [-0.4, -0.2) is 35.3 Å². The first-order valence-electron chi connectivity index (χ1n) is 9.05. The molecule has 0 unspecified atom stereocenters. The fourth-order valence-electron chi connectivity index (χ4n) is 2.82. The number of rotatable bonds is 7. The minimum Gasteiger partial charge on any atom is -0.493 e. The summed E-state index contributed by atoms with van der Waals surface area (Å²) in [7, 11) is 3.06. The topological polar surface area (TPSA) is 106 Å². The van der Waals surface area contributed by atoms with Crippen LogP contribution in [0, 0.1) is 6.92 Å². The van der Waals surface area contributed by atoms with Crippen LogP contribution in [0.5, 0.6) is 11.5 Å². The van der Waals surface area contributed by atoms with Gasteiger partial charge >= 0.3 is 0 Å². The molecule has 0 atom stereocenters. The molecule has 0 saturated heterocycles. The average Bonchev–Trinajstić information content (AvgIpc) is 2.72. The summed E-state index contributed by atoms with van der Waals surface area (Å²) in [6.45, 7) is 1.96. The van der Waals surface area contributed by atoms with Crippen molar-refractivity contribution in [3.05, 3.63) is 64.1 Å². The zero-order chi connectivity index (χ0) is 20.8. The van der Waals surface area contributed by atoms with Gasteiger partial charge in [-0.3, -0.25) is 9.59 Å². The molecule has 0 radical (unpaired) electrons. The van der Waals surface area contributed by atoms with E-state index in [0.717, 1.165) is 11.1 Å². The van der Waals surface area contributed by atoms with Crippen molar-refractivity contribution < 1.29 is 14.3 Å². The number of ether oxygens (including phenoxy) is 2. The fourth-order valence-corrected chi connectivity index (χ4v) is 2.82. The number of amides is 1. The van der Waals surface area contributed by atoms with Crippen molar-refractivity contribution in [1.82, 2.24) is 15.2 Å². The van der Waals surface area contributed by atoms with Crippen LogP contribution in [0.25, 0.3) is 11.4 Å². The second kappa shape index (κ2) is 9.01. The highest BCUT2D eigenvalue weighted by Crippen LogP contribution is 2.29. The number of carbonyl (C=O) groups excluding carboxylic acids is 1. The zero-order valence-corrected chi connectivity index (χ0v) is 16.5. The summed E-state index contributed by atoms with van der Waals surface area (Å²) in [5.74, 6) is 1.23. The van der Waals surface area contributed by atoms with Gasteiger partial charge in [-0.1, -0.05) is 23.8 Å². The maximum absolute atomic E-state index is 12.3. The molecular weight excluding hydrogens is 372 g/mol. The first-order chi connectivity index (χ1) is 14.0. The molecule has 2 N–H and O–H groups in total. The van der Waals surface area contributed by atoms with E-state index in [0.29, 0.717) is 23.0 Å². The number of aryl methyl sites for hydroxylation is 2. The van der Waals surface area contributed by atoms with Crippen molar-refractivity contribution in [3.8, 4) is 22.9 Å². The highest BCUT2D eigenvalue weighted by atomic mass is 16.5. The number of methoxy groups -OCH3 is 2. The molecule has 0 aliphatic heterocycles. The van der Waals surface area contributed by atoms with Gasteiger partial charge in [-0.05, 0) is 25.1 Å². The Morgan fingerprint density at radius 1 is 1.07 bits per heavy atom. The van der Waals surface area contributed by atoms with Gasteiger partial charge in [0.15, 0.2) is 17.3 Å². The molecule has 0 saturated carbocycles. The third-order valence-electron chi connectivity index (χ3n) is 4.31. The highest BCUT2D eigenvalue weighted by Gasteiger charge is 2.11. The summed E-state index contributed by atoms with van der Waals surface area (Å²) < 4.78 is 10.4. The molecule has 0 fully saturated rings. The van der Waals surface area contributed by atoms with E-state index in [-0.39, 0.29) is 30.0 Å². The molecule has 29 heavy (non-hydrogen) atoms. The van der Waals surface area contributed by atoms with Crippen LogP contribution in [0.1, 0.15) is 17.7 Å². The van der Waals surface area contributed by atoms with Gasteiger partial charge in [-0.15, -0.1) is 10.2 Å². The van der Waals surface area contributed by atoms with Crippen molar-refractivity contribution in [2.75, 3.05) is 19.5 Å². The number of aromatic nitrogens is 3. The van der Waals surface area contributed by atoms with Crippen LogP contribution < -0.4 is 20.3 Å². The van der Waals surface area contributed by atoms with E-state index in [1.54, 1.807) is 25.3 Å². The first-order valence-corrected chi connectivity index (χ1v) is 9.05. The molecular formula is C21H22N4O4. The van der Waals surface area contributed by atoms with Gasteiger partial charge in [0.05, 0.1) is 14.2 Å². The third-order valence-corrected chi connectivity index (χ3v) is 4.31. The Bertz CT molecular complexity index is 1080. The van der Waals surface area contributed by atoms with Crippen LogP contribution in [0.4, 0.5) is 5.69 Å². The monoisotopic (exact) mass is 394 g/mol. The molecule has 150 valence electrons. The second-order valence-corrected chi connectivity index (χ2v) is 6.44. The average molecular weight is 394 g/mol. The number of anilines is 1. The summed E-state index contributed by atoms with van der Waals surface area (Å²) in [6, 6.07) is 12.7. The fraction of sp³-hybridized carbons (Fsp3) is 0.238. The number of carbonyl (C=O) groups is 1. The predicted molar refractivity (Wildman–Crippen MR) is 109 cm³/mol. The summed E-state index contributed by atoms with van der Waals surface area (Å²) >= 11 is 0. The Balaban J connectivity index is 1.64. The number of aromatic amines is 1. The Kier molecular flexibility index (Phi) is 6.23. The Hall–Kier alpha value is -3.68. The van der Waals surface area contributed by atoms with Crippen LogP contribution in [0.3, 0.4) is 0 Å². The van der Waals surface area contributed by atoms with Gasteiger partial charge in [-0.2, -0.15) is 0 Å². The number of nitrogens with one attached hydrogen (secondary N) is 2. The molecule has 8 nitrogen and oxygen atoms in total. The lowest BCUT2D eigenvalue weighted by molar-refractivity contribution is -0.116. The number of H-pyrrole nitrogens is 1. The van der Waals surface area contributed by atoms with Gasteiger partial charge < -0.3 is 19.8 Å². The lowest BCUT2D eigenvalue weighted by Gasteiger charge is -2.10. The smallest absolute Gasteiger partial charge is 0.273 e. The van der Waals surface area contributed by atoms with Crippen LogP contribution >= 0.6 is 0 Å². The summed E-state index contributed by atoms with van der Waals surface area (Å²) in [5, 5.41) is 10.9. The lowest BCUT2D eigenvalue weighted by Crippen LogP contribution is -2.20. The van der Waals surface area contributed by atoms with Crippen molar-refractivity contribution in [2.24, 2.45) is 0 Å². The molecule has 1 aromatic heterocycles. The van der Waals surface area contributed by atoms with Gasteiger partial charge in [-0.25, -0.2) is 0 Å². The number of nitrogens with zero attached hydrogens (tertiary/aromatic N) is 2. The predicted octanol–water partition coefficient (Wildman–Crippen LogP) is 2.73. The lowest BCUT2D eigenvalue weighted by atomic mass is 10.1. The normalized spacial score (nSPS) is 10.4. The molecule has 0 aliphatic carbocycles. The molecule has 2 aromatic carbocycles. The van der Waals surface area contributed by atoms with Crippen LogP contribution in [-0.2, 0) is 11.2 Å². The Labute approximate surface area is 167 Å². The Morgan fingerprint density at radius 2 is 1.86 bits per heavy atom. The summed E-state index contributed by atoms with van der Waals surface area (Å²) in [5.41, 5.74) is 2.27. The van der Waals surface area contributed by atoms with Crippen molar-refractivity contribution >= 4 is 11.6 Å². The van der Waals surface area contributed by atoms with Crippen molar-refractivity contribution in [3.63, 3.8) is 0 Å². The van der Waals surface area contributed by atoms with Crippen LogP contribution in [0.2, 0.25) is 0 Å². The van der Waals surface area contributed by atoms with Gasteiger partial charge in [0.2, 0.25) is 5.91 Å². The Morgan fingerprint density at radius 3 is 2.55 bits per heavy atom. The molecule has 3 rings (SSSR count). The van der Waals surface area contributed by atoms with Crippen molar-refractivity contribution in [1.29, 1.82) is 0 Å². The molecule has 0 bridgehead atoms. The van der Waals surface area contributed by atoms with E-state index < -0.39 is 0 Å². The third kappa shape index (κ3) is 4.98. The van der Waals surface area contributed by atoms with Crippen molar-refractivity contribution in [2.45, 2.75) is 19.8 Å². The van der Waals surface area contributed by atoms with Gasteiger partial charge in [0.25, 0.3) is 5.56 Å². The van der Waals surface area contributed by atoms with E-state index in [9.17, 15) is 9.59 Å². The minimum atomic E-state index is -0.351. The molecule has 1 heterocycles.